The fraction of sp³-hybridized carbons (Fsp3) is 0.286. The summed E-state index contributed by atoms with van der Waals surface area (Å²) in [7, 11) is 0. The Morgan fingerprint density at radius 1 is 0.745 bits per heavy atom. The Hall–Kier alpha value is -5.75. The molecule has 1 aliphatic carbocycles. The van der Waals surface area contributed by atoms with Crippen LogP contribution >= 0.6 is 0 Å². The highest BCUT2D eigenvalue weighted by Gasteiger charge is 2.53. The highest BCUT2D eigenvalue weighted by molar-refractivity contribution is 6.11. The van der Waals surface area contributed by atoms with Crippen LogP contribution in [-0.2, 0) is 15.6 Å². The minimum absolute atomic E-state index is 0.0470. The van der Waals surface area contributed by atoms with Gasteiger partial charge in [0.05, 0.1) is 16.9 Å². The van der Waals surface area contributed by atoms with E-state index in [-0.39, 0.29) is 16.9 Å². The minimum Gasteiger partial charge on any atom is -0.467 e. The Balaban J connectivity index is 1.12. The number of rotatable bonds is 4. The summed E-state index contributed by atoms with van der Waals surface area (Å²) < 4.78 is 16.3. The third-order valence-electron chi connectivity index (χ3n) is 12.5. The van der Waals surface area contributed by atoms with Crippen molar-refractivity contribution < 1.29 is 9.47 Å². The first-order valence-electron chi connectivity index (χ1n) is 19.4. The number of aryl methyl sites for hydroxylation is 4. The molecule has 5 heterocycles. The zero-order valence-corrected chi connectivity index (χ0v) is 33.1. The van der Waals surface area contributed by atoms with E-state index in [0.717, 1.165) is 45.9 Å². The molecule has 6 nitrogen and oxygen atoms in total. The van der Waals surface area contributed by atoms with Crippen molar-refractivity contribution in [1.29, 1.82) is 0 Å². The van der Waals surface area contributed by atoms with Crippen molar-refractivity contribution in [3.8, 4) is 28.4 Å². The van der Waals surface area contributed by atoms with Gasteiger partial charge in [-0.25, -0.2) is 9.98 Å². The lowest BCUT2D eigenvalue weighted by atomic mass is 9.63. The van der Waals surface area contributed by atoms with Gasteiger partial charge in [-0.15, -0.1) is 0 Å². The van der Waals surface area contributed by atoms with Crippen molar-refractivity contribution in [1.82, 2.24) is 14.5 Å². The first-order chi connectivity index (χ1) is 26.2. The molecule has 0 spiro atoms. The second-order valence-corrected chi connectivity index (χ2v) is 17.6. The summed E-state index contributed by atoms with van der Waals surface area (Å²) in [5, 5.41) is 2.43. The van der Waals surface area contributed by atoms with Gasteiger partial charge in [0.25, 0.3) is 0 Å². The van der Waals surface area contributed by atoms with Crippen LogP contribution < -0.4 is 4.74 Å². The van der Waals surface area contributed by atoms with Gasteiger partial charge < -0.3 is 9.47 Å². The average molecular weight is 723 g/mol. The van der Waals surface area contributed by atoms with Gasteiger partial charge >= 0.3 is 0 Å². The molecule has 6 heteroatoms. The van der Waals surface area contributed by atoms with Gasteiger partial charge in [-0.3, -0.25) is 9.55 Å². The van der Waals surface area contributed by atoms with E-state index in [0.29, 0.717) is 11.6 Å². The number of pyridine rings is 2. The predicted molar refractivity (Wildman–Crippen MR) is 222 cm³/mol. The normalized spacial score (nSPS) is 20.1. The maximum atomic E-state index is 6.99. The largest absolute Gasteiger partial charge is 0.467 e. The van der Waals surface area contributed by atoms with Crippen LogP contribution in [0.3, 0.4) is 0 Å². The summed E-state index contributed by atoms with van der Waals surface area (Å²) in [5.41, 5.74) is 15.3. The second kappa shape index (κ2) is 11.4. The SMILES string of the molecule is Cc1cc(C)c2c(c1)[C@@H]1OC(c3cc(Oc4cc5c(cc4C)C(C)(C)c4cccc6c7c(C)ccnc7n-5c46)cc(-c4ccccn4)c3)=N[C@]1(C)CC2(C)C. The van der Waals surface area contributed by atoms with Gasteiger partial charge in [-0.2, -0.15) is 0 Å². The van der Waals surface area contributed by atoms with Crippen LogP contribution in [0.1, 0.15) is 97.2 Å². The topological polar surface area (TPSA) is 61.5 Å². The van der Waals surface area contributed by atoms with Crippen molar-refractivity contribution in [3.63, 3.8) is 0 Å². The van der Waals surface area contributed by atoms with Crippen molar-refractivity contribution in [2.75, 3.05) is 0 Å². The number of ether oxygens (including phenoxy) is 2. The third kappa shape index (κ3) is 4.89. The maximum absolute atomic E-state index is 6.99. The molecule has 0 bridgehead atoms. The lowest BCUT2D eigenvalue weighted by Crippen LogP contribution is -2.42. The fourth-order valence-electron chi connectivity index (χ4n) is 10.4. The third-order valence-corrected chi connectivity index (χ3v) is 12.5. The van der Waals surface area contributed by atoms with Crippen LogP contribution in [0, 0.1) is 27.7 Å². The number of hydrogen-bond donors (Lipinski definition) is 0. The van der Waals surface area contributed by atoms with Crippen LogP contribution in [0.4, 0.5) is 0 Å². The molecule has 0 amide bonds. The number of hydrogen-bond acceptors (Lipinski definition) is 5. The first kappa shape index (κ1) is 33.8. The molecule has 7 aromatic rings. The molecule has 0 saturated heterocycles. The number of benzene rings is 4. The lowest BCUT2D eigenvalue weighted by molar-refractivity contribution is 0.108. The van der Waals surface area contributed by atoms with E-state index >= 15 is 0 Å². The quantitative estimate of drug-likeness (QED) is 0.181. The minimum atomic E-state index is -0.413. The molecule has 2 aliphatic heterocycles. The zero-order chi connectivity index (χ0) is 38.2. The summed E-state index contributed by atoms with van der Waals surface area (Å²) >= 11 is 0. The molecule has 0 unspecified atom stereocenters. The molecule has 3 aliphatic rings. The highest BCUT2D eigenvalue weighted by Crippen LogP contribution is 2.55. The Morgan fingerprint density at radius 2 is 1.56 bits per heavy atom. The number of aromatic nitrogens is 3. The van der Waals surface area contributed by atoms with E-state index in [2.05, 4.69) is 134 Å². The van der Waals surface area contributed by atoms with Gasteiger partial charge in [0.2, 0.25) is 5.90 Å². The van der Waals surface area contributed by atoms with Crippen LogP contribution in [-0.4, -0.2) is 26.0 Å². The number of nitrogens with zero attached hydrogens (tertiary/aromatic N) is 4. The molecule has 274 valence electrons. The Morgan fingerprint density at radius 3 is 2.36 bits per heavy atom. The van der Waals surface area contributed by atoms with Crippen molar-refractivity contribution in [3.05, 3.63) is 147 Å². The summed E-state index contributed by atoms with van der Waals surface area (Å²) in [4.78, 5) is 15.1. The van der Waals surface area contributed by atoms with Crippen molar-refractivity contribution in [2.45, 2.75) is 91.2 Å². The van der Waals surface area contributed by atoms with Crippen molar-refractivity contribution in [2.24, 2.45) is 4.99 Å². The fourth-order valence-corrected chi connectivity index (χ4v) is 10.4. The Bertz CT molecular complexity index is 2810. The van der Waals surface area contributed by atoms with Crippen LogP contribution in [0.2, 0.25) is 0 Å². The monoisotopic (exact) mass is 722 g/mol. The highest BCUT2D eigenvalue weighted by atomic mass is 16.5. The summed E-state index contributed by atoms with van der Waals surface area (Å²) in [6, 6.07) is 30.2. The standard InChI is InChI=1S/C49H46N4O2/c1-27-19-30(4)42-35(20-27)44-49(9,26-47(42,5)6)52-46(55-44)32-22-31(38-15-10-11-17-50-38)23-33(24-32)54-40-25-39-37(21-29(40)3)48(7,8)36-14-12-13-34-41-28(2)16-18-51-45(41)53(39)43(34)36/h10-25,44H,26H2,1-9H3/t44-,49+/m0/s1. The average Bonchev–Trinajstić information content (AvgIpc) is 3.67. The molecule has 3 aromatic heterocycles. The van der Waals surface area contributed by atoms with Gasteiger partial charge in [-0.1, -0.05) is 69.7 Å². The van der Waals surface area contributed by atoms with E-state index in [1.54, 1.807) is 0 Å². The summed E-state index contributed by atoms with van der Waals surface area (Å²) in [6.07, 6.45) is 4.46. The molecule has 2 atom stereocenters. The van der Waals surface area contributed by atoms with E-state index in [9.17, 15) is 0 Å². The summed E-state index contributed by atoms with van der Waals surface area (Å²) in [5.74, 6) is 2.13. The molecule has 0 saturated carbocycles. The van der Waals surface area contributed by atoms with E-state index < -0.39 is 5.54 Å². The number of fused-ring (bicyclic) bond motifs is 8. The molecule has 55 heavy (non-hydrogen) atoms. The molecule has 0 N–H and O–H groups in total. The molecular formula is C49H46N4O2. The van der Waals surface area contributed by atoms with E-state index in [4.69, 9.17) is 24.4 Å². The number of para-hydroxylation sites is 1. The Labute approximate surface area is 322 Å². The van der Waals surface area contributed by atoms with Crippen LogP contribution in [0.15, 0.2) is 102 Å². The van der Waals surface area contributed by atoms with Crippen LogP contribution in [0.5, 0.6) is 11.5 Å². The van der Waals surface area contributed by atoms with E-state index in [1.807, 2.05) is 30.6 Å². The lowest BCUT2D eigenvalue weighted by Gasteiger charge is -2.44. The summed E-state index contributed by atoms with van der Waals surface area (Å²) in [6.45, 7) is 20.3. The number of aliphatic imine (C=N–C) groups is 1. The molecule has 0 fully saturated rings. The van der Waals surface area contributed by atoms with Gasteiger partial charge in [-0.05, 0) is 128 Å². The molecular weight excluding hydrogens is 677 g/mol. The first-order valence-corrected chi connectivity index (χ1v) is 19.4. The predicted octanol–water partition coefficient (Wildman–Crippen LogP) is 11.9. The van der Waals surface area contributed by atoms with Gasteiger partial charge in [0.1, 0.15) is 22.7 Å². The zero-order valence-electron chi connectivity index (χ0n) is 33.1. The Kier molecular flexibility index (Phi) is 7.00. The van der Waals surface area contributed by atoms with Crippen LogP contribution in [0.25, 0.3) is 38.9 Å². The van der Waals surface area contributed by atoms with E-state index in [1.165, 1.54) is 55.2 Å². The van der Waals surface area contributed by atoms with Gasteiger partial charge in [0, 0.05) is 45.8 Å². The second-order valence-electron chi connectivity index (χ2n) is 17.6. The van der Waals surface area contributed by atoms with Gasteiger partial charge in [0.15, 0.2) is 6.10 Å². The maximum Gasteiger partial charge on any atom is 0.217 e. The smallest absolute Gasteiger partial charge is 0.217 e. The molecule has 10 rings (SSSR count). The molecule has 0 radical (unpaired) electrons. The van der Waals surface area contributed by atoms with Crippen molar-refractivity contribution >= 4 is 27.8 Å². The molecule has 4 aromatic carbocycles.